The van der Waals surface area contributed by atoms with Crippen LogP contribution in [0.15, 0.2) is 53.6 Å². The highest BCUT2D eigenvalue weighted by molar-refractivity contribution is 6.33. The third kappa shape index (κ3) is 5.93. The van der Waals surface area contributed by atoms with Crippen molar-refractivity contribution in [1.29, 1.82) is 0 Å². The number of carbonyl (C=O) groups excluding carboxylic acids is 2. The summed E-state index contributed by atoms with van der Waals surface area (Å²) >= 11 is 5.95. The summed E-state index contributed by atoms with van der Waals surface area (Å²) in [7, 11) is 0. The average Bonchev–Trinajstić information content (AvgIpc) is 2.58. The van der Waals surface area contributed by atoms with E-state index in [-0.39, 0.29) is 6.42 Å². The summed E-state index contributed by atoms with van der Waals surface area (Å²) in [6, 6.07) is 14.1. The van der Waals surface area contributed by atoms with Gasteiger partial charge in [0.15, 0.2) is 0 Å². The largest absolute Gasteiger partial charge is 0.493 e. The number of anilines is 1. The number of nitrogens with one attached hydrogen (secondary N) is 2. The van der Waals surface area contributed by atoms with E-state index in [0.29, 0.717) is 23.1 Å². The Morgan fingerprint density at radius 2 is 1.84 bits per heavy atom. The quantitative estimate of drug-likeness (QED) is 0.452. The smallest absolute Gasteiger partial charge is 0.249 e. The minimum absolute atomic E-state index is 0.365. The molecule has 0 heterocycles. The third-order valence-corrected chi connectivity index (χ3v) is 3.41. The van der Waals surface area contributed by atoms with Crippen molar-refractivity contribution in [2.24, 2.45) is 5.10 Å². The van der Waals surface area contributed by atoms with Crippen molar-refractivity contribution < 1.29 is 14.3 Å². The number of hydrazone groups is 1. The monoisotopic (exact) mass is 359 g/mol. The van der Waals surface area contributed by atoms with E-state index < -0.39 is 11.8 Å². The molecule has 0 aliphatic rings. The third-order valence-electron chi connectivity index (χ3n) is 3.08. The van der Waals surface area contributed by atoms with E-state index in [4.69, 9.17) is 16.3 Å². The first kappa shape index (κ1) is 18.5. The number of nitrogens with zero attached hydrogens (tertiary/aromatic N) is 1. The fourth-order valence-electron chi connectivity index (χ4n) is 1.99. The number of rotatable bonds is 7. The van der Waals surface area contributed by atoms with Crippen LogP contribution in [0.1, 0.15) is 18.9 Å². The highest BCUT2D eigenvalue weighted by atomic mass is 35.5. The predicted molar refractivity (Wildman–Crippen MR) is 98.0 cm³/mol. The molecular weight excluding hydrogens is 342 g/mol. The minimum atomic E-state index is -0.533. The average molecular weight is 360 g/mol. The van der Waals surface area contributed by atoms with Gasteiger partial charge in [0.25, 0.3) is 0 Å². The lowest BCUT2D eigenvalue weighted by molar-refractivity contribution is -0.126. The molecule has 0 atom stereocenters. The van der Waals surface area contributed by atoms with Crippen LogP contribution in [0.2, 0.25) is 5.02 Å². The molecule has 2 amide bonds. The Balaban J connectivity index is 1.86. The predicted octanol–water partition coefficient (Wildman–Crippen LogP) is 3.22. The second-order valence-electron chi connectivity index (χ2n) is 4.97. The molecule has 0 saturated heterocycles. The van der Waals surface area contributed by atoms with Crippen molar-refractivity contribution in [2.75, 3.05) is 11.9 Å². The molecule has 2 N–H and O–H groups in total. The Bertz CT molecular complexity index is 778. The second kappa shape index (κ2) is 9.44. The summed E-state index contributed by atoms with van der Waals surface area (Å²) in [5.41, 5.74) is 3.49. The van der Waals surface area contributed by atoms with Gasteiger partial charge in [-0.25, -0.2) is 5.43 Å². The first-order chi connectivity index (χ1) is 12.1. The normalized spacial score (nSPS) is 10.5. The number of amides is 2. The number of hydrogen-bond donors (Lipinski definition) is 2. The zero-order valence-electron chi connectivity index (χ0n) is 13.7. The van der Waals surface area contributed by atoms with Crippen molar-refractivity contribution in [1.82, 2.24) is 5.43 Å². The zero-order chi connectivity index (χ0) is 18.1. The van der Waals surface area contributed by atoms with Gasteiger partial charge in [0.1, 0.15) is 12.2 Å². The molecule has 7 heteroatoms. The van der Waals surface area contributed by atoms with Crippen molar-refractivity contribution in [2.45, 2.75) is 13.3 Å². The summed E-state index contributed by atoms with van der Waals surface area (Å²) < 4.78 is 5.46. The van der Waals surface area contributed by atoms with Crippen LogP contribution >= 0.6 is 11.6 Å². The first-order valence-corrected chi connectivity index (χ1v) is 8.06. The van der Waals surface area contributed by atoms with Gasteiger partial charge in [0.05, 0.1) is 23.5 Å². The fourth-order valence-corrected chi connectivity index (χ4v) is 2.17. The van der Waals surface area contributed by atoms with E-state index >= 15 is 0 Å². The zero-order valence-corrected chi connectivity index (χ0v) is 14.4. The lowest BCUT2D eigenvalue weighted by Crippen LogP contribution is -2.24. The van der Waals surface area contributed by atoms with Gasteiger partial charge in [-0.15, -0.1) is 0 Å². The van der Waals surface area contributed by atoms with E-state index in [2.05, 4.69) is 15.8 Å². The van der Waals surface area contributed by atoms with Gasteiger partial charge in [-0.1, -0.05) is 35.9 Å². The standard InChI is InChI=1S/C18H18ClN3O3/c1-2-25-16-10-6-3-7-13(16)12-20-22-18(24)11-17(23)21-15-9-5-4-8-14(15)19/h3-10,12H,2,11H2,1H3,(H,21,23)(H,22,24). The van der Waals surface area contributed by atoms with Gasteiger partial charge in [-0.3, -0.25) is 9.59 Å². The van der Waals surface area contributed by atoms with E-state index in [1.807, 2.05) is 31.2 Å². The topological polar surface area (TPSA) is 79.8 Å². The van der Waals surface area contributed by atoms with Gasteiger partial charge < -0.3 is 10.1 Å². The Morgan fingerprint density at radius 1 is 1.12 bits per heavy atom. The maximum absolute atomic E-state index is 11.8. The van der Waals surface area contributed by atoms with Crippen LogP contribution in [0, 0.1) is 0 Å². The number of hydrogen-bond acceptors (Lipinski definition) is 4. The number of benzene rings is 2. The maximum Gasteiger partial charge on any atom is 0.249 e. The summed E-state index contributed by atoms with van der Waals surface area (Å²) in [5, 5.41) is 6.83. The van der Waals surface area contributed by atoms with Gasteiger partial charge in [-0.2, -0.15) is 5.10 Å². The molecule has 0 bridgehead atoms. The van der Waals surface area contributed by atoms with Gasteiger partial charge in [-0.05, 0) is 31.2 Å². The van der Waals surface area contributed by atoms with E-state index in [1.54, 1.807) is 24.3 Å². The number of ether oxygens (including phenoxy) is 1. The molecule has 0 spiro atoms. The van der Waals surface area contributed by atoms with E-state index in [0.717, 1.165) is 5.56 Å². The first-order valence-electron chi connectivity index (χ1n) is 7.68. The summed E-state index contributed by atoms with van der Waals surface area (Å²) in [6.07, 6.45) is 1.10. The SMILES string of the molecule is CCOc1ccccc1C=NNC(=O)CC(=O)Nc1ccccc1Cl. The van der Waals surface area contributed by atoms with Crippen LogP contribution in [0.5, 0.6) is 5.75 Å². The number of halogens is 1. The van der Waals surface area contributed by atoms with Crippen LogP contribution in [0.3, 0.4) is 0 Å². The summed E-state index contributed by atoms with van der Waals surface area (Å²) in [5.74, 6) is -0.343. The molecule has 2 rings (SSSR count). The molecule has 6 nitrogen and oxygen atoms in total. The van der Waals surface area contributed by atoms with Crippen LogP contribution in [-0.2, 0) is 9.59 Å². The van der Waals surface area contributed by atoms with Crippen LogP contribution in [0.4, 0.5) is 5.69 Å². The summed E-state index contributed by atoms with van der Waals surface area (Å²) in [4.78, 5) is 23.6. The highest BCUT2D eigenvalue weighted by Gasteiger charge is 2.10. The van der Waals surface area contributed by atoms with Crippen LogP contribution in [-0.4, -0.2) is 24.6 Å². The molecule has 0 aromatic heterocycles. The number of carbonyl (C=O) groups is 2. The van der Waals surface area contributed by atoms with Crippen molar-refractivity contribution in [3.8, 4) is 5.75 Å². The summed E-state index contributed by atoms with van der Waals surface area (Å²) in [6.45, 7) is 2.41. The van der Waals surface area contributed by atoms with E-state index in [9.17, 15) is 9.59 Å². The molecule has 2 aromatic carbocycles. The lowest BCUT2D eigenvalue weighted by atomic mass is 10.2. The van der Waals surface area contributed by atoms with Crippen molar-refractivity contribution in [3.63, 3.8) is 0 Å². The molecule has 0 fully saturated rings. The molecule has 130 valence electrons. The Hall–Kier alpha value is -2.86. The second-order valence-corrected chi connectivity index (χ2v) is 5.38. The van der Waals surface area contributed by atoms with Crippen molar-refractivity contribution in [3.05, 3.63) is 59.1 Å². The molecule has 0 unspecified atom stereocenters. The Morgan fingerprint density at radius 3 is 2.60 bits per heavy atom. The molecule has 2 aromatic rings. The van der Waals surface area contributed by atoms with Gasteiger partial charge in [0.2, 0.25) is 11.8 Å². The Kier molecular flexibility index (Phi) is 6.98. The molecule has 0 aliphatic heterocycles. The molecule has 0 radical (unpaired) electrons. The van der Waals surface area contributed by atoms with Gasteiger partial charge >= 0.3 is 0 Å². The fraction of sp³-hybridized carbons (Fsp3) is 0.167. The minimum Gasteiger partial charge on any atom is -0.493 e. The Labute approximate surface area is 150 Å². The number of para-hydroxylation sites is 2. The molecule has 0 saturated carbocycles. The maximum atomic E-state index is 11.8. The molecule has 0 aliphatic carbocycles. The van der Waals surface area contributed by atoms with E-state index in [1.165, 1.54) is 6.21 Å². The molecular formula is C18H18ClN3O3. The highest BCUT2D eigenvalue weighted by Crippen LogP contribution is 2.20. The molecule has 25 heavy (non-hydrogen) atoms. The van der Waals surface area contributed by atoms with Crippen LogP contribution in [0.25, 0.3) is 0 Å². The van der Waals surface area contributed by atoms with Crippen molar-refractivity contribution >= 4 is 35.3 Å². The lowest BCUT2D eigenvalue weighted by Gasteiger charge is -2.07. The van der Waals surface area contributed by atoms with Gasteiger partial charge in [0, 0.05) is 5.56 Å². The van der Waals surface area contributed by atoms with Crippen LogP contribution < -0.4 is 15.5 Å².